The van der Waals surface area contributed by atoms with Gasteiger partial charge in [0.2, 0.25) is 0 Å². The molecule has 6 nitrogen and oxygen atoms in total. The van der Waals surface area contributed by atoms with E-state index in [0.29, 0.717) is 37.4 Å². The van der Waals surface area contributed by atoms with E-state index in [9.17, 15) is 14.0 Å². The fraction of sp³-hybridized carbons (Fsp3) is 0.250. The number of benzene rings is 2. The Kier molecular flexibility index (Phi) is 5.23. The number of aromatic amines is 1. The molecule has 2 aromatic carbocycles. The topological polar surface area (TPSA) is 69.3 Å². The van der Waals surface area contributed by atoms with Crippen LogP contribution in [0.15, 0.2) is 46.9 Å². The van der Waals surface area contributed by atoms with Crippen molar-refractivity contribution in [2.75, 3.05) is 32.7 Å². The van der Waals surface area contributed by atoms with Crippen molar-refractivity contribution in [2.24, 2.45) is 0 Å². The molecule has 0 saturated carbocycles. The molecule has 1 aliphatic heterocycles. The molecule has 144 valence electrons. The lowest BCUT2D eigenvalue weighted by Gasteiger charge is -2.34. The summed E-state index contributed by atoms with van der Waals surface area (Å²) in [6, 6.07) is 11.2. The van der Waals surface area contributed by atoms with E-state index in [4.69, 9.17) is 0 Å². The van der Waals surface area contributed by atoms with Crippen LogP contribution in [0, 0.1) is 5.82 Å². The third kappa shape index (κ3) is 3.83. The molecule has 1 amide bonds. The maximum Gasteiger partial charge on any atom is 0.275 e. The van der Waals surface area contributed by atoms with Crippen LogP contribution in [0.1, 0.15) is 20.8 Å². The minimum absolute atomic E-state index is 0.0522. The van der Waals surface area contributed by atoms with Crippen LogP contribution in [0.2, 0.25) is 0 Å². The molecule has 1 N–H and O–H groups in total. The van der Waals surface area contributed by atoms with Gasteiger partial charge in [-0.2, -0.15) is 5.10 Å². The van der Waals surface area contributed by atoms with Crippen molar-refractivity contribution < 1.29 is 14.0 Å². The summed E-state index contributed by atoms with van der Waals surface area (Å²) >= 11 is 3.41. The summed E-state index contributed by atoms with van der Waals surface area (Å²) in [5.41, 5.74) is 1.72. The summed E-state index contributed by atoms with van der Waals surface area (Å²) in [6.07, 6.45) is 0. The number of halogens is 2. The fourth-order valence-corrected chi connectivity index (χ4v) is 3.70. The first-order chi connectivity index (χ1) is 13.5. The highest BCUT2D eigenvalue weighted by molar-refractivity contribution is 9.10. The predicted octanol–water partition coefficient (Wildman–Crippen LogP) is 3.11. The Hall–Kier alpha value is -2.58. The third-order valence-corrected chi connectivity index (χ3v) is 5.41. The largest absolute Gasteiger partial charge is 0.335 e. The van der Waals surface area contributed by atoms with Gasteiger partial charge in [0, 0.05) is 41.6 Å². The summed E-state index contributed by atoms with van der Waals surface area (Å²) in [5, 5.41) is 7.88. The van der Waals surface area contributed by atoms with Gasteiger partial charge in [-0.3, -0.25) is 19.6 Å². The zero-order chi connectivity index (χ0) is 19.7. The maximum atomic E-state index is 13.0. The van der Waals surface area contributed by atoms with E-state index in [0.717, 1.165) is 15.4 Å². The highest BCUT2D eigenvalue weighted by atomic mass is 79.9. The lowest BCUT2D eigenvalue weighted by Crippen LogP contribution is -2.50. The lowest BCUT2D eigenvalue weighted by molar-refractivity contribution is 0.0621. The molecule has 0 atom stereocenters. The van der Waals surface area contributed by atoms with Crippen molar-refractivity contribution in [2.45, 2.75) is 0 Å². The molecular weight excluding hydrogens is 427 g/mol. The van der Waals surface area contributed by atoms with Crippen LogP contribution in [-0.4, -0.2) is 64.4 Å². The van der Waals surface area contributed by atoms with Crippen molar-refractivity contribution in [1.82, 2.24) is 20.0 Å². The van der Waals surface area contributed by atoms with Crippen molar-refractivity contribution in [3.8, 4) is 0 Å². The average molecular weight is 445 g/mol. The number of Topliss-reactive ketones (excluding diaryl/α,β-unsaturated/α-hetero) is 1. The van der Waals surface area contributed by atoms with E-state index in [-0.39, 0.29) is 24.1 Å². The second kappa shape index (κ2) is 7.81. The molecule has 0 unspecified atom stereocenters. The molecule has 1 fully saturated rings. The molecule has 1 aliphatic rings. The number of carbonyl (C=O) groups excluding carboxylic acids is 2. The highest BCUT2D eigenvalue weighted by Crippen LogP contribution is 2.22. The molecule has 0 radical (unpaired) electrons. The molecular formula is C20H18BrFN4O2. The summed E-state index contributed by atoms with van der Waals surface area (Å²) < 4.78 is 13.9. The molecule has 0 bridgehead atoms. The lowest BCUT2D eigenvalue weighted by atomic mass is 10.1. The number of piperazine rings is 1. The van der Waals surface area contributed by atoms with Gasteiger partial charge in [-0.25, -0.2) is 4.39 Å². The third-order valence-electron chi connectivity index (χ3n) is 4.92. The number of carbonyl (C=O) groups is 2. The number of rotatable bonds is 4. The molecule has 28 heavy (non-hydrogen) atoms. The van der Waals surface area contributed by atoms with E-state index < -0.39 is 0 Å². The van der Waals surface area contributed by atoms with Gasteiger partial charge in [-0.05, 0) is 42.5 Å². The van der Waals surface area contributed by atoms with Crippen LogP contribution in [0.4, 0.5) is 4.39 Å². The molecule has 1 aromatic heterocycles. The molecule has 0 aliphatic carbocycles. The maximum absolute atomic E-state index is 13.0. The Morgan fingerprint density at radius 3 is 2.50 bits per heavy atom. The zero-order valence-corrected chi connectivity index (χ0v) is 16.6. The van der Waals surface area contributed by atoms with Gasteiger partial charge in [0.1, 0.15) is 5.82 Å². The molecule has 3 aromatic rings. The quantitative estimate of drug-likeness (QED) is 0.627. The second-order valence-electron chi connectivity index (χ2n) is 6.76. The number of nitrogens with one attached hydrogen (secondary N) is 1. The van der Waals surface area contributed by atoms with E-state index in [2.05, 4.69) is 26.1 Å². The van der Waals surface area contributed by atoms with Crippen molar-refractivity contribution in [3.63, 3.8) is 0 Å². The van der Waals surface area contributed by atoms with Gasteiger partial charge >= 0.3 is 0 Å². The number of hydrogen-bond acceptors (Lipinski definition) is 4. The molecule has 1 saturated heterocycles. The van der Waals surface area contributed by atoms with Crippen LogP contribution in [0.5, 0.6) is 0 Å². The number of H-pyrrole nitrogens is 1. The molecule has 2 heterocycles. The van der Waals surface area contributed by atoms with Crippen molar-refractivity contribution in [3.05, 3.63) is 64.0 Å². The number of ketones is 1. The van der Waals surface area contributed by atoms with Gasteiger partial charge in [-0.1, -0.05) is 15.9 Å². The van der Waals surface area contributed by atoms with Gasteiger partial charge < -0.3 is 4.90 Å². The van der Waals surface area contributed by atoms with Gasteiger partial charge in [-0.15, -0.1) is 0 Å². The Labute approximate surface area is 169 Å². The number of amides is 1. The standard InChI is InChI=1S/C20H18BrFN4O2/c21-14-3-6-16-17(11-14)23-24-19(16)20(28)26-9-7-25(8-10-26)12-18(27)13-1-4-15(22)5-2-13/h1-6,11H,7-10,12H2,(H,23,24). The Bertz CT molecular complexity index is 1030. The first-order valence-electron chi connectivity index (χ1n) is 8.95. The zero-order valence-electron chi connectivity index (χ0n) is 15.0. The minimum Gasteiger partial charge on any atom is -0.335 e. The van der Waals surface area contributed by atoms with E-state index >= 15 is 0 Å². The Balaban J connectivity index is 1.37. The fourth-order valence-electron chi connectivity index (χ4n) is 3.34. The number of fused-ring (bicyclic) bond motifs is 1. The van der Waals surface area contributed by atoms with Gasteiger partial charge in [0.15, 0.2) is 11.5 Å². The smallest absolute Gasteiger partial charge is 0.275 e. The first kappa shape index (κ1) is 18.8. The minimum atomic E-state index is -0.359. The van der Waals surface area contributed by atoms with E-state index in [1.165, 1.54) is 24.3 Å². The summed E-state index contributed by atoms with van der Waals surface area (Å²) in [4.78, 5) is 29.0. The van der Waals surface area contributed by atoms with Crippen LogP contribution < -0.4 is 0 Å². The van der Waals surface area contributed by atoms with Crippen LogP contribution >= 0.6 is 15.9 Å². The van der Waals surface area contributed by atoms with Gasteiger partial charge in [0.05, 0.1) is 12.1 Å². The first-order valence-corrected chi connectivity index (χ1v) is 9.74. The molecule has 4 rings (SSSR count). The number of hydrogen-bond donors (Lipinski definition) is 1. The normalized spacial score (nSPS) is 15.1. The number of aromatic nitrogens is 2. The van der Waals surface area contributed by atoms with Crippen LogP contribution in [-0.2, 0) is 0 Å². The Morgan fingerprint density at radius 1 is 1.07 bits per heavy atom. The summed E-state index contributed by atoms with van der Waals surface area (Å²) in [5.74, 6) is -0.524. The van der Waals surface area contributed by atoms with Crippen molar-refractivity contribution >= 4 is 38.5 Å². The van der Waals surface area contributed by atoms with Crippen LogP contribution in [0.25, 0.3) is 10.9 Å². The Morgan fingerprint density at radius 2 is 1.79 bits per heavy atom. The summed E-state index contributed by atoms with van der Waals surface area (Å²) in [7, 11) is 0. The molecule has 0 spiro atoms. The predicted molar refractivity (Wildman–Crippen MR) is 107 cm³/mol. The van der Waals surface area contributed by atoms with E-state index in [1.807, 2.05) is 23.1 Å². The van der Waals surface area contributed by atoms with Gasteiger partial charge in [0.25, 0.3) is 5.91 Å². The monoisotopic (exact) mass is 444 g/mol. The van der Waals surface area contributed by atoms with Crippen LogP contribution in [0.3, 0.4) is 0 Å². The number of nitrogens with zero attached hydrogens (tertiary/aromatic N) is 3. The SMILES string of the molecule is O=C(CN1CCN(C(=O)c2n[nH]c3cc(Br)ccc23)CC1)c1ccc(F)cc1. The summed E-state index contributed by atoms with van der Waals surface area (Å²) in [6.45, 7) is 2.52. The average Bonchev–Trinajstić information content (AvgIpc) is 3.11. The highest BCUT2D eigenvalue weighted by Gasteiger charge is 2.26. The van der Waals surface area contributed by atoms with Crippen molar-refractivity contribution in [1.29, 1.82) is 0 Å². The molecule has 8 heteroatoms. The van der Waals surface area contributed by atoms with E-state index in [1.54, 1.807) is 4.90 Å². The second-order valence-corrected chi connectivity index (χ2v) is 7.68.